The van der Waals surface area contributed by atoms with E-state index in [1.807, 2.05) is 0 Å². The molecule has 1 aromatic carbocycles. The Bertz CT molecular complexity index is 765. The molecule has 0 aliphatic carbocycles. The number of nitrogens with one attached hydrogen (secondary N) is 2. The maximum Gasteiger partial charge on any atom is 0.407 e. The summed E-state index contributed by atoms with van der Waals surface area (Å²) in [5.74, 6) is 0.322. The van der Waals surface area contributed by atoms with E-state index >= 15 is 0 Å². The van der Waals surface area contributed by atoms with E-state index in [4.69, 9.17) is 13.9 Å². The molecule has 0 saturated heterocycles. The van der Waals surface area contributed by atoms with Crippen molar-refractivity contribution in [3.8, 4) is 5.75 Å². The van der Waals surface area contributed by atoms with Crippen LogP contribution < -0.4 is 15.4 Å². The fourth-order valence-corrected chi connectivity index (χ4v) is 2.00. The van der Waals surface area contributed by atoms with Crippen LogP contribution in [-0.2, 0) is 11.3 Å². The van der Waals surface area contributed by atoms with Gasteiger partial charge in [-0.15, -0.1) is 0 Å². The van der Waals surface area contributed by atoms with Crippen molar-refractivity contribution in [3.05, 3.63) is 53.7 Å². The van der Waals surface area contributed by atoms with Gasteiger partial charge in [0, 0.05) is 13.1 Å². The first kappa shape index (κ1) is 20.3. The molecule has 2 amide bonds. The van der Waals surface area contributed by atoms with Crippen LogP contribution in [0, 0.1) is 5.82 Å². The summed E-state index contributed by atoms with van der Waals surface area (Å²) in [6.07, 6.45) is -0.546. The molecule has 2 aromatic rings. The summed E-state index contributed by atoms with van der Waals surface area (Å²) in [7, 11) is 0. The fourth-order valence-electron chi connectivity index (χ4n) is 2.00. The first-order chi connectivity index (χ1) is 12.7. The zero-order valence-electron chi connectivity index (χ0n) is 15.5. The Kier molecular flexibility index (Phi) is 6.81. The number of carbonyl (C=O) groups excluding carboxylic acids is 2. The molecule has 7 nitrogen and oxygen atoms in total. The van der Waals surface area contributed by atoms with E-state index in [9.17, 15) is 14.0 Å². The van der Waals surface area contributed by atoms with Gasteiger partial charge in [0.2, 0.25) is 0 Å². The molecule has 146 valence electrons. The molecule has 27 heavy (non-hydrogen) atoms. The third-order valence-corrected chi connectivity index (χ3v) is 3.16. The first-order valence-corrected chi connectivity index (χ1v) is 8.45. The third-order valence-electron chi connectivity index (χ3n) is 3.16. The number of halogens is 1. The largest absolute Gasteiger partial charge is 0.486 e. The number of furan rings is 1. The van der Waals surface area contributed by atoms with E-state index in [1.54, 1.807) is 26.8 Å². The number of amides is 2. The molecule has 2 rings (SSSR count). The van der Waals surface area contributed by atoms with Crippen LogP contribution in [0.1, 0.15) is 37.1 Å². The Morgan fingerprint density at radius 2 is 1.70 bits per heavy atom. The fraction of sp³-hybridized carbons (Fsp3) is 0.368. The predicted molar refractivity (Wildman–Crippen MR) is 96.0 cm³/mol. The molecule has 0 fully saturated rings. The van der Waals surface area contributed by atoms with Crippen LogP contribution in [-0.4, -0.2) is 30.7 Å². The Morgan fingerprint density at radius 1 is 1.04 bits per heavy atom. The van der Waals surface area contributed by atoms with Crippen LogP contribution in [0.25, 0.3) is 0 Å². The molecule has 8 heteroatoms. The standard InChI is InChI=1S/C19H23FN2O5/c1-19(2,3)27-18(24)22-11-10-21-17(23)16-9-8-15(26-16)12-25-14-6-4-13(20)5-7-14/h4-9H,10-12H2,1-3H3,(H,21,23)(H,22,24). The van der Waals surface area contributed by atoms with Crippen molar-refractivity contribution >= 4 is 12.0 Å². The van der Waals surface area contributed by atoms with Gasteiger partial charge < -0.3 is 24.5 Å². The second-order valence-electron chi connectivity index (χ2n) is 6.69. The molecule has 1 heterocycles. The molecule has 0 spiro atoms. The monoisotopic (exact) mass is 378 g/mol. The molecule has 0 aliphatic heterocycles. The second kappa shape index (κ2) is 9.07. The van der Waals surface area contributed by atoms with Crippen molar-refractivity contribution in [2.75, 3.05) is 13.1 Å². The minimum atomic E-state index is -0.576. The average Bonchev–Trinajstić information content (AvgIpc) is 3.05. The highest BCUT2D eigenvalue weighted by Crippen LogP contribution is 2.15. The van der Waals surface area contributed by atoms with Crippen molar-refractivity contribution < 1.29 is 27.9 Å². The van der Waals surface area contributed by atoms with Crippen molar-refractivity contribution in [2.45, 2.75) is 33.0 Å². The van der Waals surface area contributed by atoms with Crippen LogP contribution >= 0.6 is 0 Å². The van der Waals surface area contributed by atoms with Crippen LogP contribution in [0.2, 0.25) is 0 Å². The molecule has 0 bridgehead atoms. The lowest BCUT2D eigenvalue weighted by molar-refractivity contribution is 0.0526. The van der Waals surface area contributed by atoms with Crippen LogP contribution in [0.5, 0.6) is 5.75 Å². The van der Waals surface area contributed by atoms with Gasteiger partial charge in [0.15, 0.2) is 5.76 Å². The van der Waals surface area contributed by atoms with Gasteiger partial charge in [-0.25, -0.2) is 9.18 Å². The van der Waals surface area contributed by atoms with Crippen LogP contribution in [0.3, 0.4) is 0 Å². The normalized spacial score (nSPS) is 11.0. The average molecular weight is 378 g/mol. The summed E-state index contributed by atoms with van der Waals surface area (Å²) in [5, 5.41) is 5.17. The van der Waals surface area contributed by atoms with E-state index in [1.165, 1.54) is 30.3 Å². The first-order valence-electron chi connectivity index (χ1n) is 8.45. The van der Waals surface area contributed by atoms with E-state index in [2.05, 4.69) is 10.6 Å². The van der Waals surface area contributed by atoms with E-state index < -0.39 is 17.6 Å². The zero-order chi connectivity index (χ0) is 19.9. The third kappa shape index (κ3) is 7.39. The van der Waals surface area contributed by atoms with Crippen molar-refractivity contribution in [3.63, 3.8) is 0 Å². The van der Waals surface area contributed by atoms with Crippen LogP contribution in [0.15, 0.2) is 40.8 Å². The summed E-state index contributed by atoms with van der Waals surface area (Å²) in [6, 6.07) is 8.74. The maximum atomic E-state index is 12.8. The Hall–Kier alpha value is -3.03. The lowest BCUT2D eigenvalue weighted by Crippen LogP contribution is -2.37. The quantitative estimate of drug-likeness (QED) is 0.722. The van der Waals surface area contributed by atoms with Crippen molar-refractivity contribution in [1.29, 1.82) is 0 Å². The molecule has 2 N–H and O–H groups in total. The smallest absolute Gasteiger partial charge is 0.407 e. The van der Waals surface area contributed by atoms with Crippen molar-refractivity contribution in [1.82, 2.24) is 10.6 Å². The number of alkyl carbamates (subject to hydrolysis) is 1. The second-order valence-corrected chi connectivity index (χ2v) is 6.69. The molecule has 0 saturated carbocycles. The Morgan fingerprint density at radius 3 is 2.37 bits per heavy atom. The maximum absolute atomic E-state index is 12.8. The molecular formula is C19H23FN2O5. The number of ether oxygens (including phenoxy) is 2. The number of carbonyl (C=O) groups is 2. The highest BCUT2D eigenvalue weighted by Gasteiger charge is 2.16. The van der Waals surface area contributed by atoms with Gasteiger partial charge in [-0.1, -0.05) is 0 Å². The summed E-state index contributed by atoms with van der Waals surface area (Å²) < 4.78 is 28.8. The van der Waals surface area contributed by atoms with Gasteiger partial charge >= 0.3 is 6.09 Å². The number of hydrogen-bond donors (Lipinski definition) is 2. The Balaban J connectivity index is 1.71. The highest BCUT2D eigenvalue weighted by atomic mass is 19.1. The summed E-state index contributed by atoms with van der Waals surface area (Å²) in [5.41, 5.74) is -0.576. The van der Waals surface area contributed by atoms with Gasteiger partial charge in [-0.2, -0.15) is 0 Å². The summed E-state index contributed by atoms with van der Waals surface area (Å²) in [4.78, 5) is 23.5. The minimum Gasteiger partial charge on any atom is -0.486 e. The van der Waals surface area contributed by atoms with E-state index in [-0.39, 0.29) is 31.3 Å². The summed E-state index contributed by atoms with van der Waals surface area (Å²) >= 11 is 0. The lowest BCUT2D eigenvalue weighted by atomic mass is 10.2. The minimum absolute atomic E-state index is 0.110. The van der Waals surface area contributed by atoms with Gasteiger partial charge in [0.25, 0.3) is 5.91 Å². The molecular weight excluding hydrogens is 355 g/mol. The highest BCUT2D eigenvalue weighted by molar-refractivity contribution is 5.91. The van der Waals surface area contributed by atoms with E-state index in [0.29, 0.717) is 11.5 Å². The van der Waals surface area contributed by atoms with E-state index in [0.717, 1.165) is 0 Å². The van der Waals surface area contributed by atoms with Gasteiger partial charge in [-0.3, -0.25) is 4.79 Å². The molecule has 1 aromatic heterocycles. The predicted octanol–water partition coefficient (Wildman–Crippen LogP) is 3.25. The molecule has 0 unspecified atom stereocenters. The van der Waals surface area contributed by atoms with Crippen LogP contribution in [0.4, 0.5) is 9.18 Å². The topological polar surface area (TPSA) is 89.8 Å². The Labute approximate surface area is 156 Å². The molecule has 0 aliphatic rings. The summed E-state index contributed by atoms with van der Waals surface area (Å²) in [6.45, 7) is 5.86. The van der Waals surface area contributed by atoms with Gasteiger partial charge in [0.1, 0.15) is 29.5 Å². The number of hydrogen-bond acceptors (Lipinski definition) is 5. The van der Waals surface area contributed by atoms with Gasteiger partial charge in [-0.05, 0) is 57.2 Å². The SMILES string of the molecule is CC(C)(C)OC(=O)NCCNC(=O)c1ccc(COc2ccc(F)cc2)o1. The lowest BCUT2D eigenvalue weighted by Gasteiger charge is -2.19. The zero-order valence-corrected chi connectivity index (χ0v) is 15.5. The van der Waals surface area contributed by atoms with Gasteiger partial charge in [0.05, 0.1) is 0 Å². The number of benzene rings is 1. The molecule has 0 radical (unpaired) electrons. The molecule has 0 atom stereocenters. The number of rotatable bonds is 7. The van der Waals surface area contributed by atoms with Crippen molar-refractivity contribution in [2.24, 2.45) is 0 Å².